The van der Waals surface area contributed by atoms with Crippen molar-refractivity contribution < 1.29 is 4.52 Å². The molecule has 3 heterocycles. The van der Waals surface area contributed by atoms with Crippen LogP contribution in [-0.2, 0) is 0 Å². The molecule has 4 rings (SSSR count). The summed E-state index contributed by atoms with van der Waals surface area (Å²) in [7, 11) is 0. The number of hydrogen-bond donors (Lipinski definition) is 0. The molecule has 0 saturated carbocycles. The van der Waals surface area contributed by atoms with Crippen LogP contribution >= 0.6 is 0 Å². The monoisotopic (exact) mass is 306 g/mol. The molecule has 0 unspecified atom stereocenters. The second kappa shape index (κ2) is 5.28. The summed E-state index contributed by atoms with van der Waals surface area (Å²) in [6, 6.07) is 11.6. The van der Waals surface area contributed by atoms with E-state index in [9.17, 15) is 0 Å². The first-order valence-electron chi connectivity index (χ1n) is 7.33. The molecule has 0 aliphatic heterocycles. The van der Waals surface area contributed by atoms with Gasteiger partial charge in [-0.05, 0) is 44.2 Å². The Balaban J connectivity index is 1.77. The molecule has 4 aromatic rings. The Hall–Kier alpha value is -3.09. The third kappa shape index (κ3) is 2.36. The number of rotatable bonds is 3. The third-order valence-electron chi connectivity index (χ3n) is 3.53. The van der Waals surface area contributed by atoms with Crippen LogP contribution in [0, 0.1) is 0 Å². The fourth-order valence-electron chi connectivity index (χ4n) is 2.39. The van der Waals surface area contributed by atoms with Crippen molar-refractivity contribution in [2.75, 3.05) is 0 Å². The van der Waals surface area contributed by atoms with Gasteiger partial charge < -0.3 is 4.52 Å². The first-order valence-corrected chi connectivity index (χ1v) is 7.33. The summed E-state index contributed by atoms with van der Waals surface area (Å²) in [5.74, 6) is 0.917. The van der Waals surface area contributed by atoms with Crippen molar-refractivity contribution in [3.63, 3.8) is 0 Å². The summed E-state index contributed by atoms with van der Waals surface area (Å²) in [6.45, 7) is 4.13. The minimum atomic E-state index is 0.226. The quantitative estimate of drug-likeness (QED) is 0.578. The van der Waals surface area contributed by atoms with Crippen LogP contribution in [0.3, 0.4) is 0 Å². The zero-order chi connectivity index (χ0) is 15.8. The molecule has 7 heteroatoms. The Morgan fingerprint density at radius 1 is 1.13 bits per heavy atom. The zero-order valence-electron chi connectivity index (χ0n) is 12.7. The number of hydrogen-bond acceptors (Lipinski definition) is 6. The van der Waals surface area contributed by atoms with E-state index in [4.69, 9.17) is 4.52 Å². The van der Waals surface area contributed by atoms with E-state index in [1.54, 1.807) is 6.20 Å². The van der Waals surface area contributed by atoms with Crippen LogP contribution in [0.15, 0.2) is 47.1 Å². The van der Waals surface area contributed by atoms with Crippen molar-refractivity contribution in [3.8, 4) is 23.0 Å². The molecule has 1 aromatic carbocycles. The van der Waals surface area contributed by atoms with E-state index < -0.39 is 0 Å². The second-order valence-electron chi connectivity index (χ2n) is 5.47. The summed E-state index contributed by atoms with van der Waals surface area (Å²) in [5.41, 5.74) is 3.30. The van der Waals surface area contributed by atoms with E-state index in [1.807, 2.05) is 41.1 Å². The summed E-state index contributed by atoms with van der Waals surface area (Å²) >= 11 is 0. The molecule has 114 valence electrons. The van der Waals surface area contributed by atoms with Crippen LogP contribution in [0.5, 0.6) is 0 Å². The summed E-state index contributed by atoms with van der Waals surface area (Å²) < 4.78 is 7.19. The minimum absolute atomic E-state index is 0.226. The van der Waals surface area contributed by atoms with E-state index >= 15 is 0 Å². The summed E-state index contributed by atoms with van der Waals surface area (Å²) in [4.78, 5) is 8.64. The van der Waals surface area contributed by atoms with E-state index in [0.717, 1.165) is 16.6 Å². The molecule has 0 amide bonds. The Morgan fingerprint density at radius 2 is 2.04 bits per heavy atom. The maximum Gasteiger partial charge on any atom is 0.276 e. The minimum Gasteiger partial charge on any atom is -0.332 e. The predicted octanol–water partition coefficient (Wildman–Crippen LogP) is 3.12. The molecule has 0 spiro atoms. The Bertz CT molecular complexity index is 957. The number of benzene rings is 1. The Morgan fingerprint density at radius 3 is 2.83 bits per heavy atom. The average molecular weight is 306 g/mol. The SMILES string of the molecule is CC(C)n1nnc2ccc(-c3noc(-c4ccccn4)n3)cc21. The number of fused-ring (bicyclic) bond motifs is 1. The molecule has 0 radical (unpaired) electrons. The summed E-state index contributed by atoms with van der Waals surface area (Å²) in [6.07, 6.45) is 1.69. The van der Waals surface area contributed by atoms with Gasteiger partial charge >= 0.3 is 0 Å². The van der Waals surface area contributed by atoms with Crippen LogP contribution in [0.25, 0.3) is 34.0 Å². The Kier molecular flexibility index (Phi) is 3.11. The van der Waals surface area contributed by atoms with Crippen molar-refractivity contribution >= 4 is 11.0 Å². The largest absolute Gasteiger partial charge is 0.332 e. The standard InChI is InChI=1S/C16H14N6O/c1-10(2)22-14-9-11(6-7-12(14)19-21-22)15-18-16(23-20-15)13-5-3-4-8-17-13/h3-10H,1-2H3. The van der Waals surface area contributed by atoms with Crippen molar-refractivity contribution in [2.24, 2.45) is 0 Å². The molecular formula is C16H14N6O. The molecule has 0 N–H and O–H groups in total. The van der Waals surface area contributed by atoms with E-state index in [2.05, 4.69) is 39.3 Å². The lowest BCUT2D eigenvalue weighted by molar-refractivity contribution is 0.431. The van der Waals surface area contributed by atoms with Crippen molar-refractivity contribution in [1.29, 1.82) is 0 Å². The van der Waals surface area contributed by atoms with Crippen LogP contribution in [0.2, 0.25) is 0 Å². The topological polar surface area (TPSA) is 82.5 Å². The van der Waals surface area contributed by atoms with Gasteiger partial charge in [0.15, 0.2) is 0 Å². The highest BCUT2D eigenvalue weighted by Gasteiger charge is 2.14. The Labute approximate surface area is 132 Å². The average Bonchev–Trinajstić information content (AvgIpc) is 3.22. The molecule has 0 aliphatic carbocycles. The lowest BCUT2D eigenvalue weighted by Gasteiger charge is -2.05. The number of aromatic nitrogens is 6. The van der Waals surface area contributed by atoms with Gasteiger partial charge in [0.05, 0.1) is 5.52 Å². The lowest BCUT2D eigenvalue weighted by atomic mass is 10.2. The smallest absolute Gasteiger partial charge is 0.276 e. The number of pyridine rings is 1. The highest BCUT2D eigenvalue weighted by molar-refractivity contribution is 5.80. The maximum atomic E-state index is 5.31. The van der Waals surface area contributed by atoms with Crippen LogP contribution in [0.4, 0.5) is 0 Å². The van der Waals surface area contributed by atoms with Gasteiger partial charge in [-0.2, -0.15) is 4.98 Å². The van der Waals surface area contributed by atoms with Crippen LogP contribution < -0.4 is 0 Å². The zero-order valence-corrected chi connectivity index (χ0v) is 12.7. The third-order valence-corrected chi connectivity index (χ3v) is 3.53. The van der Waals surface area contributed by atoms with Crippen LogP contribution in [0.1, 0.15) is 19.9 Å². The molecule has 0 aliphatic rings. The van der Waals surface area contributed by atoms with Crippen LogP contribution in [-0.4, -0.2) is 30.1 Å². The van der Waals surface area contributed by atoms with Gasteiger partial charge in [0, 0.05) is 17.8 Å². The molecule has 7 nitrogen and oxygen atoms in total. The molecule has 23 heavy (non-hydrogen) atoms. The summed E-state index contributed by atoms with van der Waals surface area (Å²) in [5, 5.41) is 12.4. The molecule has 0 atom stereocenters. The van der Waals surface area contributed by atoms with Gasteiger partial charge in [0.1, 0.15) is 11.2 Å². The van der Waals surface area contributed by atoms with E-state index in [1.165, 1.54) is 0 Å². The molecule has 0 saturated heterocycles. The highest BCUT2D eigenvalue weighted by Crippen LogP contribution is 2.24. The van der Waals surface area contributed by atoms with Gasteiger partial charge in [0.2, 0.25) is 5.82 Å². The van der Waals surface area contributed by atoms with Crippen molar-refractivity contribution in [2.45, 2.75) is 19.9 Å². The van der Waals surface area contributed by atoms with E-state index in [-0.39, 0.29) is 6.04 Å². The first-order chi connectivity index (χ1) is 11.2. The van der Waals surface area contributed by atoms with E-state index in [0.29, 0.717) is 17.4 Å². The molecule has 0 bridgehead atoms. The van der Waals surface area contributed by atoms with Gasteiger partial charge in [-0.25, -0.2) is 4.68 Å². The predicted molar refractivity (Wildman–Crippen MR) is 84.4 cm³/mol. The molecular weight excluding hydrogens is 292 g/mol. The maximum absolute atomic E-state index is 5.31. The lowest BCUT2D eigenvalue weighted by Crippen LogP contribution is -2.02. The molecule has 0 fully saturated rings. The van der Waals surface area contributed by atoms with Crippen molar-refractivity contribution in [1.82, 2.24) is 30.1 Å². The highest BCUT2D eigenvalue weighted by atomic mass is 16.5. The van der Waals surface area contributed by atoms with Gasteiger partial charge in [-0.15, -0.1) is 5.10 Å². The fraction of sp³-hybridized carbons (Fsp3) is 0.188. The second-order valence-corrected chi connectivity index (χ2v) is 5.47. The first kappa shape index (κ1) is 13.6. The number of nitrogens with zero attached hydrogens (tertiary/aromatic N) is 6. The molecule has 3 aromatic heterocycles. The van der Waals surface area contributed by atoms with Gasteiger partial charge in [-0.3, -0.25) is 4.98 Å². The normalized spacial score (nSPS) is 11.4. The fourth-order valence-corrected chi connectivity index (χ4v) is 2.39. The van der Waals surface area contributed by atoms with Gasteiger partial charge in [0.25, 0.3) is 5.89 Å². The van der Waals surface area contributed by atoms with Crippen molar-refractivity contribution in [3.05, 3.63) is 42.6 Å². The van der Waals surface area contributed by atoms with Gasteiger partial charge in [-0.1, -0.05) is 16.4 Å².